The molecular weight excluding hydrogens is 112 g/mol. The molecule has 0 aromatic heterocycles. The fraction of sp³-hybridized carbons (Fsp3) is 0. The highest BCUT2D eigenvalue weighted by molar-refractivity contribution is 5.70. The zero-order valence-corrected chi connectivity index (χ0v) is 5.25. The van der Waals surface area contributed by atoms with Gasteiger partial charge in [0, 0.05) is 18.1 Å². The second-order valence-electron chi connectivity index (χ2n) is 1.37. The summed E-state index contributed by atoms with van der Waals surface area (Å²) in [4.78, 5) is 3.76. The molecule has 0 aliphatic heterocycles. The highest BCUT2D eigenvalue weighted by Gasteiger charge is 1.71. The number of rotatable bonds is 3. The van der Waals surface area contributed by atoms with E-state index in [1.165, 1.54) is 12.3 Å². The number of nitrogens with two attached hydrogens (primary N) is 1. The first-order chi connectivity index (χ1) is 4.31. The molecule has 2 nitrogen and oxygen atoms in total. The number of aliphatic imine (C=N–C) groups is 1. The predicted molar refractivity (Wildman–Crippen MR) is 41.2 cm³/mol. The Morgan fingerprint density at radius 2 is 2.11 bits per heavy atom. The third-order valence-corrected chi connectivity index (χ3v) is 0.651. The number of hydrogen-bond acceptors (Lipinski definition) is 2. The lowest BCUT2D eigenvalue weighted by atomic mass is 10.5. The molecule has 0 amide bonds. The van der Waals surface area contributed by atoms with Crippen molar-refractivity contribution in [1.82, 2.24) is 0 Å². The summed E-state index contributed by atoms with van der Waals surface area (Å²) in [5.74, 6) is 0. The summed E-state index contributed by atoms with van der Waals surface area (Å²) in [6.45, 7) is 6.88. The van der Waals surface area contributed by atoms with Gasteiger partial charge in [-0.15, -0.1) is 0 Å². The van der Waals surface area contributed by atoms with Crippen LogP contribution in [0.1, 0.15) is 0 Å². The summed E-state index contributed by atoms with van der Waals surface area (Å²) in [6.07, 6.45) is 6.17. The Kier molecular flexibility index (Phi) is 4.14. The van der Waals surface area contributed by atoms with E-state index in [2.05, 4.69) is 18.2 Å². The molecule has 0 aromatic carbocycles. The van der Waals surface area contributed by atoms with Gasteiger partial charge in [-0.25, -0.2) is 0 Å². The molecule has 0 fully saturated rings. The molecule has 0 spiro atoms. The van der Waals surface area contributed by atoms with Gasteiger partial charge in [0.2, 0.25) is 0 Å². The maximum Gasteiger partial charge on any atom is 0.0497 e. The monoisotopic (exact) mass is 122 g/mol. The molecule has 0 aliphatic rings. The summed E-state index contributed by atoms with van der Waals surface area (Å²) in [5.41, 5.74) is 5.86. The first-order valence-corrected chi connectivity index (χ1v) is 2.53. The van der Waals surface area contributed by atoms with Crippen LogP contribution >= 0.6 is 0 Å². The lowest BCUT2D eigenvalue weighted by molar-refractivity contribution is 1.37. The molecule has 0 atom stereocenters. The topological polar surface area (TPSA) is 38.4 Å². The van der Waals surface area contributed by atoms with Crippen LogP contribution in [0.15, 0.2) is 42.2 Å². The van der Waals surface area contributed by atoms with Gasteiger partial charge in [0.25, 0.3) is 0 Å². The minimum atomic E-state index is 0.549. The van der Waals surface area contributed by atoms with E-state index in [1.807, 2.05) is 0 Å². The molecule has 0 saturated heterocycles. The fourth-order valence-electron chi connectivity index (χ4n) is 0.243. The zero-order chi connectivity index (χ0) is 7.11. The van der Waals surface area contributed by atoms with Crippen LogP contribution in [0.3, 0.4) is 0 Å². The Balaban J connectivity index is 3.81. The van der Waals surface area contributed by atoms with Crippen molar-refractivity contribution in [3.8, 4) is 0 Å². The van der Waals surface area contributed by atoms with E-state index >= 15 is 0 Å². The molecule has 2 heteroatoms. The van der Waals surface area contributed by atoms with Gasteiger partial charge in [0.05, 0.1) is 0 Å². The molecule has 0 saturated carbocycles. The van der Waals surface area contributed by atoms with Crippen LogP contribution in [-0.4, -0.2) is 6.21 Å². The van der Waals surface area contributed by atoms with Gasteiger partial charge in [-0.1, -0.05) is 19.2 Å². The molecule has 0 radical (unpaired) electrons. The summed E-state index contributed by atoms with van der Waals surface area (Å²) in [6, 6.07) is 0. The molecule has 48 valence electrons. The number of allylic oxidation sites excluding steroid dienone is 2. The number of nitrogens with zero attached hydrogens (tertiary/aromatic N) is 1. The molecule has 0 aliphatic carbocycles. The fourth-order valence-corrected chi connectivity index (χ4v) is 0.243. The second-order valence-corrected chi connectivity index (χ2v) is 1.37. The van der Waals surface area contributed by atoms with Gasteiger partial charge in [0.15, 0.2) is 0 Å². The van der Waals surface area contributed by atoms with Crippen molar-refractivity contribution in [2.45, 2.75) is 0 Å². The van der Waals surface area contributed by atoms with E-state index in [4.69, 9.17) is 5.73 Å². The zero-order valence-electron chi connectivity index (χ0n) is 5.25. The normalized spacial score (nSPS) is 11.8. The van der Waals surface area contributed by atoms with E-state index in [9.17, 15) is 0 Å². The van der Waals surface area contributed by atoms with Crippen LogP contribution in [-0.2, 0) is 0 Å². The van der Waals surface area contributed by atoms with Crippen molar-refractivity contribution in [3.63, 3.8) is 0 Å². The molecule has 9 heavy (non-hydrogen) atoms. The summed E-state index contributed by atoms with van der Waals surface area (Å²) in [7, 11) is 0. The largest absolute Gasteiger partial charge is 0.397 e. The number of hydrogen-bond donors (Lipinski definition) is 1. The average molecular weight is 122 g/mol. The highest BCUT2D eigenvalue weighted by Crippen LogP contribution is 1.82. The lowest BCUT2D eigenvalue weighted by Gasteiger charge is -1.82. The average Bonchev–Trinajstić information content (AvgIpc) is 1.89. The summed E-state index contributed by atoms with van der Waals surface area (Å²) < 4.78 is 0. The minimum absolute atomic E-state index is 0.549. The standard InChI is InChI=1S/C7H10N2/c1-3-5-9-6-7(8)4-2/h3-6H,1-2,8H2/b7-6+,9-5-. The second kappa shape index (κ2) is 4.84. The highest BCUT2D eigenvalue weighted by atomic mass is 14.7. The molecule has 0 rings (SSSR count). The quantitative estimate of drug-likeness (QED) is 0.443. The predicted octanol–water partition coefficient (Wildman–Crippen LogP) is 1.23. The van der Waals surface area contributed by atoms with Gasteiger partial charge >= 0.3 is 0 Å². The Bertz CT molecular complexity index is 154. The smallest absolute Gasteiger partial charge is 0.0497 e. The summed E-state index contributed by atoms with van der Waals surface area (Å²) in [5, 5.41) is 0. The molecule has 0 heterocycles. The first kappa shape index (κ1) is 7.69. The van der Waals surface area contributed by atoms with Gasteiger partial charge in [-0.2, -0.15) is 0 Å². The van der Waals surface area contributed by atoms with Crippen molar-refractivity contribution in [2.24, 2.45) is 10.7 Å². The maximum absolute atomic E-state index is 5.31. The Morgan fingerprint density at radius 3 is 2.56 bits per heavy atom. The van der Waals surface area contributed by atoms with Crippen LogP contribution in [0.2, 0.25) is 0 Å². The third-order valence-electron chi connectivity index (χ3n) is 0.651. The SMILES string of the molecule is C=C/C=N\C=C(\N)C=C. The van der Waals surface area contributed by atoms with Gasteiger partial charge in [0.1, 0.15) is 0 Å². The van der Waals surface area contributed by atoms with Crippen LogP contribution < -0.4 is 5.73 Å². The first-order valence-electron chi connectivity index (χ1n) is 2.53. The lowest BCUT2D eigenvalue weighted by Crippen LogP contribution is -1.89. The Labute approximate surface area is 55.1 Å². The molecule has 0 bridgehead atoms. The van der Waals surface area contributed by atoms with Gasteiger partial charge in [-0.05, 0) is 6.08 Å². The van der Waals surface area contributed by atoms with E-state index in [-0.39, 0.29) is 0 Å². The maximum atomic E-state index is 5.31. The molecule has 2 N–H and O–H groups in total. The van der Waals surface area contributed by atoms with Crippen molar-refractivity contribution < 1.29 is 0 Å². The van der Waals surface area contributed by atoms with E-state index in [1.54, 1.807) is 12.3 Å². The molecule has 0 aromatic rings. The van der Waals surface area contributed by atoms with Crippen LogP contribution in [0.25, 0.3) is 0 Å². The summed E-state index contributed by atoms with van der Waals surface area (Å²) >= 11 is 0. The van der Waals surface area contributed by atoms with E-state index in [0.29, 0.717) is 5.70 Å². The van der Waals surface area contributed by atoms with E-state index < -0.39 is 0 Å². The van der Waals surface area contributed by atoms with E-state index in [0.717, 1.165) is 0 Å². The Morgan fingerprint density at radius 1 is 1.44 bits per heavy atom. The van der Waals surface area contributed by atoms with Crippen LogP contribution in [0.5, 0.6) is 0 Å². The molecular formula is C7H10N2. The van der Waals surface area contributed by atoms with Crippen molar-refractivity contribution in [3.05, 3.63) is 37.2 Å². The van der Waals surface area contributed by atoms with Gasteiger partial charge in [-0.3, -0.25) is 4.99 Å². The Hall–Kier alpha value is -1.31. The van der Waals surface area contributed by atoms with Gasteiger partial charge < -0.3 is 5.73 Å². The minimum Gasteiger partial charge on any atom is -0.397 e. The van der Waals surface area contributed by atoms with Crippen LogP contribution in [0, 0.1) is 0 Å². The van der Waals surface area contributed by atoms with Crippen molar-refractivity contribution in [1.29, 1.82) is 0 Å². The van der Waals surface area contributed by atoms with Crippen LogP contribution in [0.4, 0.5) is 0 Å². The molecule has 0 unspecified atom stereocenters. The van der Waals surface area contributed by atoms with Crippen molar-refractivity contribution in [2.75, 3.05) is 0 Å². The third kappa shape index (κ3) is 4.55. The van der Waals surface area contributed by atoms with Crippen molar-refractivity contribution >= 4 is 6.21 Å².